The second-order valence-electron chi connectivity index (χ2n) is 6.55. The molecular formula is C17H25BrN2. The van der Waals surface area contributed by atoms with E-state index >= 15 is 0 Å². The van der Waals surface area contributed by atoms with Crippen molar-refractivity contribution >= 4 is 21.6 Å². The van der Waals surface area contributed by atoms with E-state index in [4.69, 9.17) is 5.73 Å². The van der Waals surface area contributed by atoms with E-state index in [0.717, 1.165) is 18.4 Å². The van der Waals surface area contributed by atoms with Gasteiger partial charge in [-0.3, -0.25) is 0 Å². The van der Waals surface area contributed by atoms with Crippen molar-refractivity contribution in [3.63, 3.8) is 0 Å². The molecule has 1 aliphatic carbocycles. The van der Waals surface area contributed by atoms with Crippen LogP contribution in [0, 0.1) is 5.92 Å². The van der Waals surface area contributed by atoms with Crippen LogP contribution in [0.25, 0.3) is 0 Å². The Bertz CT molecular complexity index is 472. The highest BCUT2D eigenvalue weighted by molar-refractivity contribution is 9.10. The Morgan fingerprint density at radius 1 is 1.30 bits per heavy atom. The smallest absolute Gasteiger partial charge is 0.0380 e. The summed E-state index contributed by atoms with van der Waals surface area (Å²) < 4.78 is 1.21. The highest BCUT2D eigenvalue weighted by Crippen LogP contribution is 2.39. The standard InChI is InChI=1S/C17H25BrN2/c1-12(19)10-14-6-7-15(11-16(14)18)20-9-8-13-4-2-3-5-17(13)20/h6-7,11-13,17H,2-5,8-10,19H2,1H3. The zero-order valence-corrected chi connectivity index (χ0v) is 13.9. The fraction of sp³-hybridized carbons (Fsp3) is 0.647. The SMILES string of the molecule is CC(N)Cc1ccc(N2CCC3CCCCC32)cc1Br. The van der Waals surface area contributed by atoms with Gasteiger partial charge in [-0.25, -0.2) is 0 Å². The quantitative estimate of drug-likeness (QED) is 0.899. The maximum absolute atomic E-state index is 5.91. The van der Waals surface area contributed by atoms with E-state index in [1.54, 1.807) is 0 Å². The zero-order chi connectivity index (χ0) is 14.1. The molecule has 2 fully saturated rings. The van der Waals surface area contributed by atoms with E-state index in [1.165, 1.54) is 54.4 Å². The molecule has 0 amide bonds. The predicted octanol–water partition coefficient (Wildman–Crippen LogP) is 4.11. The normalized spacial score (nSPS) is 27.4. The Kier molecular flexibility index (Phi) is 4.37. The summed E-state index contributed by atoms with van der Waals surface area (Å²) in [6.07, 6.45) is 7.97. The third kappa shape index (κ3) is 2.89. The Morgan fingerprint density at radius 2 is 2.10 bits per heavy atom. The number of benzene rings is 1. The molecule has 0 bridgehead atoms. The largest absolute Gasteiger partial charge is 0.368 e. The molecule has 1 aromatic carbocycles. The minimum Gasteiger partial charge on any atom is -0.368 e. The summed E-state index contributed by atoms with van der Waals surface area (Å²) in [7, 11) is 0. The molecule has 3 unspecified atom stereocenters. The average molecular weight is 337 g/mol. The summed E-state index contributed by atoms with van der Waals surface area (Å²) in [6, 6.07) is 7.84. The maximum Gasteiger partial charge on any atom is 0.0380 e. The van der Waals surface area contributed by atoms with Crippen LogP contribution in [0.15, 0.2) is 22.7 Å². The fourth-order valence-corrected chi connectivity index (χ4v) is 4.48. The fourth-order valence-electron chi connectivity index (χ4n) is 3.95. The lowest BCUT2D eigenvalue weighted by atomic mass is 9.85. The maximum atomic E-state index is 5.91. The molecule has 3 atom stereocenters. The van der Waals surface area contributed by atoms with E-state index in [-0.39, 0.29) is 6.04 Å². The number of hydrogen-bond acceptors (Lipinski definition) is 2. The summed E-state index contributed by atoms with van der Waals surface area (Å²) >= 11 is 3.73. The molecule has 0 spiro atoms. The predicted molar refractivity (Wildman–Crippen MR) is 89.2 cm³/mol. The van der Waals surface area contributed by atoms with Gasteiger partial charge >= 0.3 is 0 Å². The first-order chi connectivity index (χ1) is 9.65. The molecule has 110 valence electrons. The number of hydrogen-bond donors (Lipinski definition) is 1. The summed E-state index contributed by atoms with van der Waals surface area (Å²) in [5.41, 5.74) is 8.62. The molecular weight excluding hydrogens is 312 g/mol. The number of halogens is 1. The molecule has 1 heterocycles. The van der Waals surface area contributed by atoms with Gasteiger partial charge in [0.15, 0.2) is 0 Å². The monoisotopic (exact) mass is 336 g/mol. The van der Waals surface area contributed by atoms with Gasteiger partial charge in [0.25, 0.3) is 0 Å². The Labute approximate surface area is 130 Å². The molecule has 3 heteroatoms. The number of anilines is 1. The van der Waals surface area contributed by atoms with E-state index in [0.29, 0.717) is 0 Å². The van der Waals surface area contributed by atoms with Crippen LogP contribution in [0.3, 0.4) is 0 Å². The van der Waals surface area contributed by atoms with Crippen LogP contribution < -0.4 is 10.6 Å². The third-order valence-electron chi connectivity index (χ3n) is 4.92. The van der Waals surface area contributed by atoms with E-state index < -0.39 is 0 Å². The lowest BCUT2D eigenvalue weighted by molar-refractivity contribution is 0.342. The van der Waals surface area contributed by atoms with Gasteiger partial charge in [-0.15, -0.1) is 0 Å². The summed E-state index contributed by atoms with van der Waals surface area (Å²) in [4.78, 5) is 2.64. The molecule has 3 rings (SSSR count). The first-order valence-corrected chi connectivity index (χ1v) is 8.75. The van der Waals surface area contributed by atoms with Gasteiger partial charge in [-0.2, -0.15) is 0 Å². The van der Waals surface area contributed by atoms with Crippen LogP contribution in [-0.4, -0.2) is 18.6 Å². The lowest BCUT2D eigenvalue weighted by Crippen LogP contribution is -2.34. The van der Waals surface area contributed by atoms with E-state index in [2.05, 4.69) is 46.0 Å². The van der Waals surface area contributed by atoms with Gasteiger partial charge in [-0.1, -0.05) is 34.8 Å². The lowest BCUT2D eigenvalue weighted by Gasteiger charge is -2.33. The number of nitrogens with zero attached hydrogens (tertiary/aromatic N) is 1. The summed E-state index contributed by atoms with van der Waals surface area (Å²) in [5.74, 6) is 0.936. The molecule has 0 radical (unpaired) electrons. The van der Waals surface area contributed by atoms with E-state index in [1.807, 2.05) is 0 Å². The first kappa shape index (κ1) is 14.4. The third-order valence-corrected chi connectivity index (χ3v) is 5.66. The van der Waals surface area contributed by atoms with Crippen LogP contribution in [-0.2, 0) is 6.42 Å². The van der Waals surface area contributed by atoms with Gasteiger partial charge < -0.3 is 10.6 Å². The van der Waals surface area contributed by atoms with Crippen LogP contribution >= 0.6 is 15.9 Å². The van der Waals surface area contributed by atoms with Crippen LogP contribution in [0.5, 0.6) is 0 Å². The minimum atomic E-state index is 0.215. The molecule has 1 aromatic rings. The van der Waals surface area contributed by atoms with Gasteiger partial charge in [-0.05, 0) is 56.2 Å². The van der Waals surface area contributed by atoms with Crippen LogP contribution in [0.4, 0.5) is 5.69 Å². The van der Waals surface area contributed by atoms with Crippen molar-refractivity contribution < 1.29 is 0 Å². The molecule has 0 aromatic heterocycles. The minimum absolute atomic E-state index is 0.215. The second-order valence-corrected chi connectivity index (χ2v) is 7.41. The van der Waals surface area contributed by atoms with Crippen LogP contribution in [0.1, 0.15) is 44.6 Å². The zero-order valence-electron chi connectivity index (χ0n) is 12.3. The van der Waals surface area contributed by atoms with Crippen molar-refractivity contribution in [2.24, 2.45) is 11.7 Å². The molecule has 1 aliphatic heterocycles. The van der Waals surface area contributed by atoms with Gasteiger partial charge in [0.1, 0.15) is 0 Å². The topological polar surface area (TPSA) is 29.3 Å². The van der Waals surface area contributed by atoms with Crippen molar-refractivity contribution in [1.29, 1.82) is 0 Å². The van der Waals surface area contributed by atoms with Crippen molar-refractivity contribution in [3.8, 4) is 0 Å². The number of nitrogens with two attached hydrogens (primary N) is 1. The molecule has 2 aliphatic rings. The highest BCUT2D eigenvalue weighted by atomic mass is 79.9. The van der Waals surface area contributed by atoms with Crippen molar-refractivity contribution in [1.82, 2.24) is 0 Å². The van der Waals surface area contributed by atoms with Crippen molar-refractivity contribution in [2.45, 2.75) is 57.5 Å². The molecule has 2 N–H and O–H groups in total. The summed E-state index contributed by atoms with van der Waals surface area (Å²) in [6.45, 7) is 3.29. The highest BCUT2D eigenvalue weighted by Gasteiger charge is 2.35. The second kappa shape index (κ2) is 6.07. The molecule has 20 heavy (non-hydrogen) atoms. The van der Waals surface area contributed by atoms with Crippen molar-refractivity contribution in [3.05, 3.63) is 28.2 Å². The number of fused-ring (bicyclic) bond motifs is 1. The summed E-state index contributed by atoms with van der Waals surface area (Å²) in [5, 5.41) is 0. The first-order valence-electron chi connectivity index (χ1n) is 7.96. The Morgan fingerprint density at radius 3 is 2.85 bits per heavy atom. The Balaban J connectivity index is 1.79. The van der Waals surface area contributed by atoms with Gasteiger partial charge in [0.2, 0.25) is 0 Å². The average Bonchev–Trinajstić information content (AvgIpc) is 2.84. The molecule has 1 saturated heterocycles. The van der Waals surface area contributed by atoms with Crippen LogP contribution in [0.2, 0.25) is 0 Å². The van der Waals surface area contributed by atoms with Crippen molar-refractivity contribution in [2.75, 3.05) is 11.4 Å². The Hall–Kier alpha value is -0.540. The number of rotatable bonds is 3. The van der Waals surface area contributed by atoms with Gasteiger partial charge in [0, 0.05) is 28.8 Å². The molecule has 2 nitrogen and oxygen atoms in total. The van der Waals surface area contributed by atoms with E-state index in [9.17, 15) is 0 Å². The molecule has 1 saturated carbocycles. The van der Waals surface area contributed by atoms with Gasteiger partial charge in [0.05, 0.1) is 0 Å².